The standard InChI is InChI=1S/C15H9F3N4O2.C2H6O/c16-15(17,18)13-3-1-2-10(20-13)14(24)21-11-4-8-6-19-22-12(8)5-9(11)7-23;1-3-2/h1-7H,(H,19,22)(H,21,24);1-2H3. The summed E-state index contributed by atoms with van der Waals surface area (Å²) in [6, 6.07) is 5.98. The summed E-state index contributed by atoms with van der Waals surface area (Å²) in [7, 11) is 3.25. The number of carbonyl (C=O) groups excluding carboxylic acids is 2. The predicted molar refractivity (Wildman–Crippen MR) is 91.6 cm³/mol. The van der Waals surface area contributed by atoms with Crippen molar-refractivity contribution in [3.8, 4) is 0 Å². The number of amides is 1. The number of hydrogen-bond acceptors (Lipinski definition) is 5. The number of fused-ring (bicyclic) bond motifs is 1. The van der Waals surface area contributed by atoms with Crippen LogP contribution in [0.15, 0.2) is 36.5 Å². The first-order valence-electron chi connectivity index (χ1n) is 7.48. The molecule has 0 aliphatic rings. The lowest BCUT2D eigenvalue weighted by atomic mass is 10.1. The van der Waals surface area contributed by atoms with E-state index in [9.17, 15) is 22.8 Å². The van der Waals surface area contributed by atoms with Gasteiger partial charge in [0.2, 0.25) is 0 Å². The lowest BCUT2D eigenvalue weighted by Crippen LogP contribution is -2.17. The number of benzene rings is 1. The molecule has 0 radical (unpaired) electrons. The second-order valence-corrected chi connectivity index (χ2v) is 5.28. The van der Waals surface area contributed by atoms with E-state index in [2.05, 4.69) is 25.2 Å². The van der Waals surface area contributed by atoms with Gasteiger partial charge in [-0.05, 0) is 24.3 Å². The molecule has 3 rings (SSSR count). The largest absolute Gasteiger partial charge is 0.433 e. The normalized spacial score (nSPS) is 10.9. The smallest absolute Gasteiger partial charge is 0.388 e. The Morgan fingerprint density at radius 2 is 1.96 bits per heavy atom. The number of alkyl halides is 3. The molecule has 0 aliphatic carbocycles. The van der Waals surface area contributed by atoms with E-state index >= 15 is 0 Å². The van der Waals surface area contributed by atoms with Crippen molar-refractivity contribution in [1.82, 2.24) is 15.2 Å². The molecule has 3 aromatic rings. The highest BCUT2D eigenvalue weighted by atomic mass is 19.4. The van der Waals surface area contributed by atoms with Gasteiger partial charge < -0.3 is 10.1 Å². The molecular weight excluding hydrogens is 365 g/mol. The molecule has 2 aromatic heterocycles. The molecule has 10 heteroatoms. The number of pyridine rings is 1. The highest BCUT2D eigenvalue weighted by molar-refractivity contribution is 6.07. The molecular formula is C17H15F3N4O3. The predicted octanol–water partition coefficient (Wildman–Crippen LogP) is 3.30. The number of ether oxygens (including phenoxy) is 1. The van der Waals surface area contributed by atoms with Crippen LogP contribution in [0, 0.1) is 0 Å². The minimum absolute atomic E-state index is 0.156. The van der Waals surface area contributed by atoms with E-state index in [1.807, 2.05) is 0 Å². The average molecular weight is 380 g/mol. The first kappa shape index (κ1) is 20.0. The summed E-state index contributed by atoms with van der Waals surface area (Å²) in [5.41, 5.74) is -0.674. The SMILES string of the molecule is COC.O=Cc1cc2[nH]ncc2cc1NC(=O)c1cccc(C(F)(F)F)n1. The Hall–Kier alpha value is -3.27. The molecule has 0 aliphatic heterocycles. The molecule has 27 heavy (non-hydrogen) atoms. The fraction of sp³-hybridized carbons (Fsp3) is 0.176. The van der Waals surface area contributed by atoms with Gasteiger partial charge in [-0.25, -0.2) is 4.98 Å². The summed E-state index contributed by atoms with van der Waals surface area (Å²) in [6.07, 6.45) is -2.64. The summed E-state index contributed by atoms with van der Waals surface area (Å²) in [5, 5.41) is 9.50. The fourth-order valence-electron chi connectivity index (χ4n) is 2.12. The number of H-pyrrole nitrogens is 1. The van der Waals surface area contributed by atoms with Crippen LogP contribution < -0.4 is 5.32 Å². The van der Waals surface area contributed by atoms with E-state index in [1.54, 1.807) is 14.2 Å². The number of anilines is 1. The molecule has 0 spiro atoms. The third-order valence-electron chi connectivity index (χ3n) is 3.26. The van der Waals surface area contributed by atoms with Gasteiger partial charge in [-0.1, -0.05) is 6.07 Å². The van der Waals surface area contributed by atoms with E-state index < -0.39 is 23.5 Å². The van der Waals surface area contributed by atoms with E-state index in [4.69, 9.17) is 0 Å². The first-order chi connectivity index (χ1) is 12.8. The fourth-order valence-corrected chi connectivity index (χ4v) is 2.12. The number of carbonyl (C=O) groups is 2. The number of nitrogens with one attached hydrogen (secondary N) is 2. The highest BCUT2D eigenvalue weighted by Crippen LogP contribution is 2.27. The number of nitrogens with zero attached hydrogens (tertiary/aromatic N) is 2. The zero-order chi connectivity index (χ0) is 20.0. The van der Waals surface area contributed by atoms with Crippen molar-refractivity contribution in [3.63, 3.8) is 0 Å². The van der Waals surface area contributed by atoms with Crippen molar-refractivity contribution in [2.45, 2.75) is 6.18 Å². The Bertz CT molecular complexity index is 954. The van der Waals surface area contributed by atoms with Gasteiger partial charge in [-0.2, -0.15) is 18.3 Å². The number of halogens is 3. The average Bonchev–Trinajstić information content (AvgIpc) is 3.08. The van der Waals surface area contributed by atoms with E-state index in [-0.39, 0.29) is 11.3 Å². The highest BCUT2D eigenvalue weighted by Gasteiger charge is 2.33. The number of aromatic nitrogens is 3. The van der Waals surface area contributed by atoms with Crippen molar-refractivity contribution in [2.75, 3.05) is 19.5 Å². The van der Waals surface area contributed by atoms with Crippen molar-refractivity contribution >= 4 is 28.8 Å². The van der Waals surface area contributed by atoms with Crippen LogP contribution in [0.25, 0.3) is 10.9 Å². The quantitative estimate of drug-likeness (QED) is 0.680. The van der Waals surface area contributed by atoms with E-state index in [0.29, 0.717) is 17.2 Å². The van der Waals surface area contributed by atoms with E-state index in [0.717, 1.165) is 18.2 Å². The lowest BCUT2D eigenvalue weighted by Gasteiger charge is -2.10. The van der Waals surface area contributed by atoms with Crippen LogP contribution in [0.3, 0.4) is 0 Å². The Balaban J connectivity index is 0.000000817. The molecule has 7 nitrogen and oxygen atoms in total. The summed E-state index contributed by atoms with van der Waals surface area (Å²) >= 11 is 0. The third-order valence-corrected chi connectivity index (χ3v) is 3.26. The number of aldehydes is 1. The molecule has 2 N–H and O–H groups in total. The zero-order valence-corrected chi connectivity index (χ0v) is 14.3. The molecule has 0 saturated carbocycles. The first-order valence-corrected chi connectivity index (χ1v) is 7.48. The van der Waals surface area contributed by atoms with E-state index in [1.165, 1.54) is 18.3 Å². The number of aromatic amines is 1. The van der Waals surface area contributed by atoms with Gasteiger partial charge in [0.1, 0.15) is 11.4 Å². The van der Waals surface area contributed by atoms with Gasteiger partial charge >= 0.3 is 6.18 Å². The van der Waals surface area contributed by atoms with Crippen LogP contribution in [0.4, 0.5) is 18.9 Å². The van der Waals surface area contributed by atoms with Crippen LogP contribution in [0.1, 0.15) is 26.5 Å². The van der Waals surface area contributed by atoms with Crippen LogP contribution >= 0.6 is 0 Å². The molecule has 0 saturated heterocycles. The molecule has 0 atom stereocenters. The maximum atomic E-state index is 12.7. The van der Waals surface area contributed by atoms with Gasteiger partial charge in [0.05, 0.1) is 17.4 Å². The van der Waals surface area contributed by atoms with Crippen LogP contribution in [-0.4, -0.2) is 41.6 Å². The Morgan fingerprint density at radius 1 is 1.26 bits per heavy atom. The molecule has 0 unspecified atom stereocenters. The minimum atomic E-state index is -4.65. The zero-order valence-electron chi connectivity index (χ0n) is 14.3. The van der Waals surface area contributed by atoms with Gasteiger partial charge in [-0.3, -0.25) is 14.7 Å². The summed E-state index contributed by atoms with van der Waals surface area (Å²) in [4.78, 5) is 26.6. The van der Waals surface area contributed by atoms with Crippen LogP contribution in [-0.2, 0) is 10.9 Å². The number of methoxy groups -OCH3 is 1. The third kappa shape index (κ3) is 4.88. The summed E-state index contributed by atoms with van der Waals surface area (Å²) < 4.78 is 42.2. The van der Waals surface area contributed by atoms with Gasteiger partial charge in [0, 0.05) is 25.2 Å². The molecule has 0 bridgehead atoms. The van der Waals surface area contributed by atoms with Crippen molar-refractivity contribution < 1.29 is 27.5 Å². The number of hydrogen-bond donors (Lipinski definition) is 2. The Morgan fingerprint density at radius 3 is 2.59 bits per heavy atom. The summed E-state index contributed by atoms with van der Waals surface area (Å²) in [6.45, 7) is 0. The summed E-state index contributed by atoms with van der Waals surface area (Å²) in [5.74, 6) is -0.855. The van der Waals surface area contributed by atoms with Crippen LogP contribution in [0.5, 0.6) is 0 Å². The lowest BCUT2D eigenvalue weighted by molar-refractivity contribution is -0.141. The molecule has 1 amide bonds. The monoisotopic (exact) mass is 380 g/mol. The van der Waals surface area contributed by atoms with Crippen molar-refractivity contribution in [3.05, 3.63) is 53.5 Å². The van der Waals surface area contributed by atoms with Gasteiger partial charge in [0.25, 0.3) is 5.91 Å². The van der Waals surface area contributed by atoms with Crippen molar-refractivity contribution in [1.29, 1.82) is 0 Å². The number of rotatable bonds is 3. The van der Waals surface area contributed by atoms with Gasteiger partial charge in [-0.15, -0.1) is 0 Å². The molecule has 2 heterocycles. The second kappa shape index (κ2) is 8.41. The second-order valence-electron chi connectivity index (χ2n) is 5.28. The maximum absolute atomic E-state index is 12.7. The molecule has 0 fully saturated rings. The van der Waals surface area contributed by atoms with Crippen molar-refractivity contribution in [2.24, 2.45) is 0 Å². The van der Waals surface area contributed by atoms with Crippen LogP contribution in [0.2, 0.25) is 0 Å². The minimum Gasteiger partial charge on any atom is -0.388 e. The molecule has 142 valence electrons. The Labute approximate surface area is 151 Å². The van der Waals surface area contributed by atoms with Gasteiger partial charge in [0.15, 0.2) is 6.29 Å². The molecule has 1 aromatic carbocycles. The topological polar surface area (TPSA) is 97.0 Å². The Kier molecular flexibility index (Phi) is 6.24. The maximum Gasteiger partial charge on any atom is 0.433 e.